The van der Waals surface area contributed by atoms with Crippen LogP contribution in [0, 0.1) is 39.4 Å². The molecular weight excluding hydrogens is 456 g/mol. The average molecular weight is 505 g/mol. The third kappa shape index (κ3) is 3.72. The minimum atomic E-state index is -1.52. The van der Waals surface area contributed by atoms with Crippen molar-refractivity contribution in [3.05, 3.63) is 11.1 Å². The molecule has 0 amide bonds. The highest BCUT2D eigenvalue weighted by atomic mass is 16.4. The van der Waals surface area contributed by atoms with Crippen molar-refractivity contribution in [1.82, 2.24) is 0 Å². The lowest BCUT2D eigenvalue weighted by atomic mass is 9.42. The van der Waals surface area contributed by atoms with Gasteiger partial charge < -0.3 is 20.4 Å². The fraction of sp³-hybridized carbons (Fsp3) is 0.867. The Morgan fingerprint density at radius 2 is 1.72 bits per heavy atom. The molecule has 4 rings (SSSR count). The van der Waals surface area contributed by atoms with Crippen LogP contribution in [0.5, 0.6) is 0 Å². The van der Waals surface area contributed by atoms with E-state index in [0.29, 0.717) is 38.5 Å². The van der Waals surface area contributed by atoms with Gasteiger partial charge >= 0.3 is 0 Å². The van der Waals surface area contributed by atoms with Crippen LogP contribution >= 0.6 is 0 Å². The average Bonchev–Trinajstić information content (AvgIpc) is 3.06. The summed E-state index contributed by atoms with van der Waals surface area (Å²) in [5, 5.41) is 41.8. The normalized spacial score (nSPS) is 43.4. The predicted molar refractivity (Wildman–Crippen MR) is 138 cm³/mol. The number of allylic oxidation sites excluding steroid dienone is 1. The minimum absolute atomic E-state index is 0.0861. The predicted octanol–water partition coefficient (Wildman–Crippen LogP) is 3.98. The molecule has 0 spiro atoms. The lowest BCUT2D eigenvalue weighted by molar-refractivity contribution is -0.144. The van der Waals surface area contributed by atoms with Crippen molar-refractivity contribution < 1.29 is 30.0 Å². The number of hydrogen-bond donors (Lipinski definition) is 4. The van der Waals surface area contributed by atoms with E-state index in [1.807, 2.05) is 13.8 Å². The Kier molecular flexibility index (Phi) is 6.77. The van der Waals surface area contributed by atoms with Crippen LogP contribution in [-0.2, 0) is 9.59 Å². The smallest absolute Gasteiger partial charge is 0.159 e. The van der Waals surface area contributed by atoms with E-state index >= 15 is 0 Å². The van der Waals surface area contributed by atoms with Gasteiger partial charge in [0.2, 0.25) is 0 Å². The molecule has 0 heterocycles. The molecule has 0 aromatic heterocycles. The Labute approximate surface area is 216 Å². The summed E-state index contributed by atoms with van der Waals surface area (Å²) < 4.78 is 0. The van der Waals surface area contributed by atoms with E-state index in [0.717, 1.165) is 24.0 Å². The lowest BCUT2D eigenvalue weighted by Gasteiger charge is -2.61. The molecule has 0 aromatic rings. The molecule has 2 saturated carbocycles. The van der Waals surface area contributed by atoms with Crippen molar-refractivity contribution in [2.75, 3.05) is 6.61 Å². The van der Waals surface area contributed by atoms with Crippen LogP contribution in [0.1, 0.15) is 99.8 Å². The molecule has 0 aromatic carbocycles. The maximum absolute atomic E-state index is 13.9. The third-order valence-corrected chi connectivity index (χ3v) is 11.9. The van der Waals surface area contributed by atoms with Crippen LogP contribution in [-0.4, -0.2) is 56.4 Å². The zero-order chi connectivity index (χ0) is 27.1. The molecule has 0 aliphatic heterocycles. The Morgan fingerprint density at radius 1 is 1.08 bits per heavy atom. The van der Waals surface area contributed by atoms with Crippen molar-refractivity contribution >= 4 is 11.6 Å². The van der Waals surface area contributed by atoms with Crippen LogP contribution in [0.15, 0.2) is 11.1 Å². The summed E-state index contributed by atoms with van der Waals surface area (Å²) in [6.45, 7) is 13.7. The molecule has 6 heteroatoms. The Morgan fingerprint density at radius 3 is 2.33 bits per heavy atom. The second kappa shape index (κ2) is 8.72. The van der Waals surface area contributed by atoms with E-state index in [-0.39, 0.29) is 45.6 Å². The zero-order valence-corrected chi connectivity index (χ0v) is 23.4. The monoisotopic (exact) mass is 504 g/mol. The van der Waals surface area contributed by atoms with Crippen LogP contribution in [0.25, 0.3) is 0 Å². The van der Waals surface area contributed by atoms with Gasteiger partial charge in [0.15, 0.2) is 5.78 Å². The SMILES string of the molecule is C[C@H](CCC(O)C(C)(O)CO)[C@H]1CC[C@@]2(C)C3=C([C@H](O)C[C@]12C)[C@@]1(C)CCC(=O)C(C)(C)[C@@H]1CC3=O. The first-order valence-electron chi connectivity index (χ1n) is 14.0. The number of rotatable bonds is 6. The number of fused-ring (bicyclic) bond motifs is 4. The molecule has 2 unspecified atom stereocenters. The van der Waals surface area contributed by atoms with E-state index in [1.165, 1.54) is 6.92 Å². The molecule has 4 N–H and O–H groups in total. The zero-order valence-electron chi connectivity index (χ0n) is 23.4. The number of ketones is 2. The highest BCUT2D eigenvalue weighted by Crippen LogP contribution is 2.71. The molecule has 2 fully saturated rings. The summed E-state index contributed by atoms with van der Waals surface area (Å²) in [6.07, 6.45) is 3.35. The fourth-order valence-electron chi connectivity index (χ4n) is 9.24. The van der Waals surface area contributed by atoms with Gasteiger partial charge in [-0.1, -0.05) is 41.5 Å². The van der Waals surface area contributed by atoms with Gasteiger partial charge in [-0.15, -0.1) is 0 Å². The fourth-order valence-corrected chi connectivity index (χ4v) is 9.24. The number of carbonyl (C=O) groups excluding carboxylic acids is 2. The number of Topliss-reactive ketones (excluding diaryl/α,β-unsaturated/α-hetero) is 2. The van der Waals surface area contributed by atoms with Gasteiger partial charge in [0.1, 0.15) is 11.4 Å². The standard InChI is InChI=1S/C30H48O6/c1-17(8-9-23(35)30(7,36)16-31)18-10-13-28(5)25-19(32)14-21-26(2,3)22(34)11-12-27(21,4)24(25)20(33)15-29(18,28)6/h17-18,20-21,23,31,33,35-36H,8-16H2,1-7H3/t17-,18-,20-,21+,23?,27+,28+,29-,30?/m1/s1. The Balaban J connectivity index is 1.68. The quantitative estimate of drug-likeness (QED) is 0.435. The van der Waals surface area contributed by atoms with Crippen molar-refractivity contribution in [3.8, 4) is 0 Å². The molecule has 0 saturated heterocycles. The van der Waals surface area contributed by atoms with Crippen LogP contribution in [0.3, 0.4) is 0 Å². The maximum atomic E-state index is 13.9. The van der Waals surface area contributed by atoms with E-state index in [2.05, 4.69) is 27.7 Å². The van der Waals surface area contributed by atoms with Crippen molar-refractivity contribution in [3.63, 3.8) is 0 Å². The second-order valence-corrected chi connectivity index (χ2v) is 14.2. The summed E-state index contributed by atoms with van der Waals surface area (Å²) in [5.41, 5.74) is -1.29. The van der Waals surface area contributed by atoms with E-state index in [1.54, 1.807) is 0 Å². The molecule has 204 valence electrons. The van der Waals surface area contributed by atoms with Crippen molar-refractivity contribution in [2.45, 2.75) is 118 Å². The first kappa shape index (κ1) is 27.9. The molecule has 4 aliphatic carbocycles. The number of aliphatic hydroxyl groups excluding tert-OH is 3. The number of hydrogen-bond acceptors (Lipinski definition) is 6. The van der Waals surface area contributed by atoms with Crippen LogP contribution < -0.4 is 0 Å². The highest BCUT2D eigenvalue weighted by Gasteiger charge is 2.67. The molecule has 36 heavy (non-hydrogen) atoms. The van der Waals surface area contributed by atoms with Gasteiger partial charge in [0.05, 0.1) is 18.8 Å². The summed E-state index contributed by atoms with van der Waals surface area (Å²) in [4.78, 5) is 26.8. The van der Waals surface area contributed by atoms with Crippen LogP contribution in [0.2, 0.25) is 0 Å². The van der Waals surface area contributed by atoms with Gasteiger partial charge in [0.25, 0.3) is 0 Å². The summed E-state index contributed by atoms with van der Waals surface area (Å²) in [5.74, 6) is 0.742. The van der Waals surface area contributed by atoms with Gasteiger partial charge in [-0.3, -0.25) is 9.59 Å². The topological polar surface area (TPSA) is 115 Å². The maximum Gasteiger partial charge on any atom is 0.159 e. The lowest BCUT2D eigenvalue weighted by Crippen LogP contribution is -2.59. The summed E-state index contributed by atoms with van der Waals surface area (Å²) in [7, 11) is 0. The molecular formula is C30H48O6. The molecule has 9 atom stereocenters. The van der Waals surface area contributed by atoms with Gasteiger partial charge in [-0.2, -0.15) is 0 Å². The molecule has 0 radical (unpaired) electrons. The summed E-state index contributed by atoms with van der Waals surface area (Å²) in [6, 6.07) is 0. The van der Waals surface area contributed by atoms with Gasteiger partial charge in [-0.25, -0.2) is 0 Å². The van der Waals surface area contributed by atoms with E-state index < -0.39 is 29.8 Å². The second-order valence-electron chi connectivity index (χ2n) is 14.2. The summed E-state index contributed by atoms with van der Waals surface area (Å²) >= 11 is 0. The first-order chi connectivity index (χ1) is 16.5. The van der Waals surface area contributed by atoms with Gasteiger partial charge in [0, 0.05) is 29.2 Å². The van der Waals surface area contributed by atoms with Crippen molar-refractivity contribution in [2.24, 2.45) is 39.4 Å². The van der Waals surface area contributed by atoms with E-state index in [4.69, 9.17) is 0 Å². The van der Waals surface area contributed by atoms with Gasteiger partial charge in [-0.05, 0) is 79.6 Å². The minimum Gasteiger partial charge on any atom is -0.393 e. The van der Waals surface area contributed by atoms with Crippen molar-refractivity contribution in [1.29, 1.82) is 0 Å². The molecule has 6 nitrogen and oxygen atoms in total. The Bertz CT molecular complexity index is 964. The largest absolute Gasteiger partial charge is 0.393 e. The number of aliphatic hydroxyl groups is 4. The third-order valence-electron chi connectivity index (χ3n) is 11.9. The molecule has 4 aliphatic rings. The van der Waals surface area contributed by atoms with Crippen LogP contribution in [0.4, 0.5) is 0 Å². The highest BCUT2D eigenvalue weighted by molar-refractivity contribution is 6.01. The first-order valence-corrected chi connectivity index (χ1v) is 14.0. The number of carbonyl (C=O) groups is 2. The Hall–Kier alpha value is -1.08. The molecule has 0 bridgehead atoms. The van der Waals surface area contributed by atoms with E-state index in [9.17, 15) is 30.0 Å².